The van der Waals surface area contributed by atoms with E-state index in [-0.39, 0.29) is 6.04 Å². The second-order valence-electron chi connectivity index (χ2n) is 6.31. The molecule has 0 aromatic carbocycles. The van der Waals surface area contributed by atoms with E-state index in [2.05, 4.69) is 20.9 Å². The Morgan fingerprint density at radius 2 is 1.95 bits per heavy atom. The number of nitrogens with two attached hydrogens (primary N) is 1. The molecule has 112 valence electrons. The van der Waals surface area contributed by atoms with Crippen molar-refractivity contribution in [3.05, 3.63) is 23.9 Å². The predicted molar refractivity (Wildman–Crippen MR) is 81.8 cm³/mol. The van der Waals surface area contributed by atoms with Crippen molar-refractivity contribution in [1.29, 1.82) is 0 Å². The normalized spacial score (nSPS) is 19.1. The molecule has 0 spiro atoms. The van der Waals surface area contributed by atoms with Gasteiger partial charge in [0.1, 0.15) is 5.82 Å². The molecule has 1 aliphatic rings. The predicted octanol–water partition coefficient (Wildman–Crippen LogP) is 0.994. The van der Waals surface area contributed by atoms with Crippen LogP contribution in [0.2, 0.25) is 0 Å². The highest BCUT2D eigenvalue weighted by Crippen LogP contribution is 2.17. The van der Waals surface area contributed by atoms with Crippen LogP contribution in [0, 0.1) is 0 Å². The average molecular weight is 278 g/mol. The Balaban J connectivity index is 1.90. The maximum absolute atomic E-state index is 9.86. The fourth-order valence-corrected chi connectivity index (χ4v) is 2.54. The van der Waals surface area contributed by atoms with Crippen LogP contribution in [-0.4, -0.2) is 53.3 Å². The Labute approximate surface area is 121 Å². The summed E-state index contributed by atoms with van der Waals surface area (Å²) in [4.78, 5) is 9.08. The van der Waals surface area contributed by atoms with E-state index in [1.54, 1.807) is 0 Å². The largest absolute Gasteiger partial charge is 0.389 e. The molecule has 1 aromatic heterocycles. The number of pyridine rings is 1. The number of β-amino-alcohol motifs (C(OH)–C–C–N with tert-alkyl or cyclic N) is 1. The molecule has 5 nitrogen and oxygen atoms in total. The maximum atomic E-state index is 9.86. The van der Waals surface area contributed by atoms with Gasteiger partial charge < -0.3 is 15.7 Å². The first-order valence-corrected chi connectivity index (χ1v) is 7.26. The number of nitrogens with zero attached hydrogens (tertiary/aromatic N) is 3. The first-order valence-electron chi connectivity index (χ1n) is 7.26. The number of piperazine rings is 1. The summed E-state index contributed by atoms with van der Waals surface area (Å²) in [5.74, 6) is 1.01. The molecular weight excluding hydrogens is 252 g/mol. The van der Waals surface area contributed by atoms with E-state index in [0.29, 0.717) is 0 Å². The number of aromatic nitrogens is 1. The van der Waals surface area contributed by atoms with E-state index in [9.17, 15) is 5.11 Å². The van der Waals surface area contributed by atoms with Gasteiger partial charge in [-0.05, 0) is 32.4 Å². The van der Waals surface area contributed by atoms with Gasteiger partial charge in [0.05, 0.1) is 5.60 Å². The highest BCUT2D eigenvalue weighted by atomic mass is 16.3. The van der Waals surface area contributed by atoms with Gasteiger partial charge in [-0.1, -0.05) is 6.07 Å². The molecule has 0 amide bonds. The smallest absolute Gasteiger partial charge is 0.128 e. The number of hydrogen-bond donors (Lipinski definition) is 2. The molecule has 1 atom stereocenters. The highest BCUT2D eigenvalue weighted by molar-refractivity contribution is 5.40. The van der Waals surface area contributed by atoms with Crippen LogP contribution in [0.3, 0.4) is 0 Å². The first-order chi connectivity index (χ1) is 9.35. The first kappa shape index (κ1) is 15.2. The molecule has 1 fully saturated rings. The summed E-state index contributed by atoms with van der Waals surface area (Å²) in [5.41, 5.74) is 6.27. The second-order valence-corrected chi connectivity index (χ2v) is 6.31. The van der Waals surface area contributed by atoms with Crippen molar-refractivity contribution < 1.29 is 5.11 Å². The van der Waals surface area contributed by atoms with Crippen LogP contribution in [0.4, 0.5) is 5.82 Å². The van der Waals surface area contributed by atoms with Crippen molar-refractivity contribution in [3.8, 4) is 0 Å². The van der Waals surface area contributed by atoms with Crippen molar-refractivity contribution >= 4 is 5.82 Å². The average Bonchev–Trinajstić information content (AvgIpc) is 2.38. The third-order valence-corrected chi connectivity index (χ3v) is 3.60. The van der Waals surface area contributed by atoms with Crippen LogP contribution < -0.4 is 10.6 Å². The van der Waals surface area contributed by atoms with Crippen molar-refractivity contribution in [2.75, 3.05) is 37.6 Å². The van der Waals surface area contributed by atoms with Gasteiger partial charge in [-0.2, -0.15) is 0 Å². The number of hydrogen-bond acceptors (Lipinski definition) is 5. The lowest BCUT2D eigenvalue weighted by molar-refractivity contribution is 0.0344. The standard InChI is InChI=1S/C15H26N4O/c1-12(16)13-4-5-14(17-10-13)19-8-6-18(7-9-19)11-15(2,3)20/h4-5,10,12,20H,6-9,11,16H2,1-3H3/t12-/m1/s1. The molecule has 0 saturated carbocycles. The molecule has 0 radical (unpaired) electrons. The van der Waals surface area contributed by atoms with Gasteiger partial charge in [0.15, 0.2) is 0 Å². The summed E-state index contributed by atoms with van der Waals surface area (Å²) in [6, 6.07) is 4.13. The molecule has 2 rings (SSSR count). The van der Waals surface area contributed by atoms with E-state index in [1.807, 2.05) is 33.0 Å². The molecule has 0 aliphatic carbocycles. The van der Waals surface area contributed by atoms with Crippen LogP contribution in [0.25, 0.3) is 0 Å². The summed E-state index contributed by atoms with van der Waals surface area (Å²) < 4.78 is 0. The Hall–Kier alpha value is -1.17. The van der Waals surface area contributed by atoms with Crippen molar-refractivity contribution in [3.63, 3.8) is 0 Å². The Bertz CT molecular complexity index is 416. The summed E-state index contributed by atoms with van der Waals surface area (Å²) in [6.07, 6.45) is 1.86. The van der Waals surface area contributed by atoms with E-state index in [0.717, 1.165) is 44.1 Å². The van der Waals surface area contributed by atoms with Gasteiger partial charge in [0.25, 0.3) is 0 Å². The molecule has 2 heterocycles. The third kappa shape index (κ3) is 4.16. The van der Waals surface area contributed by atoms with E-state index >= 15 is 0 Å². The zero-order valence-corrected chi connectivity index (χ0v) is 12.7. The SMILES string of the molecule is C[C@@H](N)c1ccc(N2CCN(CC(C)(C)O)CC2)nc1. The maximum Gasteiger partial charge on any atom is 0.128 e. The van der Waals surface area contributed by atoms with Crippen molar-refractivity contribution in [2.45, 2.75) is 32.4 Å². The summed E-state index contributed by atoms with van der Waals surface area (Å²) >= 11 is 0. The molecule has 5 heteroatoms. The molecule has 1 aromatic rings. The Kier molecular flexibility index (Phi) is 4.62. The minimum Gasteiger partial charge on any atom is -0.389 e. The fraction of sp³-hybridized carbons (Fsp3) is 0.667. The lowest BCUT2D eigenvalue weighted by Gasteiger charge is -2.37. The fourth-order valence-electron chi connectivity index (χ4n) is 2.54. The van der Waals surface area contributed by atoms with Crippen LogP contribution in [0.1, 0.15) is 32.4 Å². The van der Waals surface area contributed by atoms with Crippen LogP contribution >= 0.6 is 0 Å². The van der Waals surface area contributed by atoms with Gasteiger partial charge in [-0.3, -0.25) is 4.90 Å². The molecule has 3 N–H and O–H groups in total. The van der Waals surface area contributed by atoms with Gasteiger partial charge in [-0.15, -0.1) is 0 Å². The number of rotatable bonds is 4. The summed E-state index contributed by atoms with van der Waals surface area (Å²) in [7, 11) is 0. The molecule has 20 heavy (non-hydrogen) atoms. The minimum atomic E-state index is -0.626. The van der Waals surface area contributed by atoms with E-state index in [1.165, 1.54) is 0 Å². The van der Waals surface area contributed by atoms with Crippen LogP contribution in [0.15, 0.2) is 18.3 Å². The van der Waals surface area contributed by atoms with Gasteiger partial charge in [0, 0.05) is 45.0 Å². The quantitative estimate of drug-likeness (QED) is 0.860. The van der Waals surface area contributed by atoms with Crippen LogP contribution in [-0.2, 0) is 0 Å². The topological polar surface area (TPSA) is 65.6 Å². The van der Waals surface area contributed by atoms with Crippen molar-refractivity contribution in [1.82, 2.24) is 9.88 Å². The van der Waals surface area contributed by atoms with Crippen LogP contribution in [0.5, 0.6) is 0 Å². The van der Waals surface area contributed by atoms with Gasteiger partial charge in [-0.25, -0.2) is 4.98 Å². The lowest BCUT2D eigenvalue weighted by atomic mass is 10.1. The Morgan fingerprint density at radius 1 is 1.30 bits per heavy atom. The minimum absolute atomic E-state index is 0.0279. The summed E-state index contributed by atoms with van der Waals surface area (Å²) in [5, 5.41) is 9.86. The molecule has 0 unspecified atom stereocenters. The van der Waals surface area contributed by atoms with Crippen molar-refractivity contribution in [2.24, 2.45) is 5.73 Å². The highest BCUT2D eigenvalue weighted by Gasteiger charge is 2.23. The van der Waals surface area contributed by atoms with Gasteiger partial charge >= 0.3 is 0 Å². The van der Waals surface area contributed by atoms with E-state index in [4.69, 9.17) is 5.73 Å². The zero-order valence-electron chi connectivity index (χ0n) is 12.7. The lowest BCUT2D eigenvalue weighted by Crippen LogP contribution is -2.50. The molecule has 1 aliphatic heterocycles. The monoisotopic (exact) mass is 278 g/mol. The van der Waals surface area contributed by atoms with E-state index < -0.39 is 5.60 Å². The third-order valence-electron chi connectivity index (χ3n) is 3.60. The van der Waals surface area contributed by atoms with Gasteiger partial charge in [0.2, 0.25) is 0 Å². The molecule has 0 bridgehead atoms. The second kappa shape index (κ2) is 6.08. The number of anilines is 1. The molecule has 1 saturated heterocycles. The summed E-state index contributed by atoms with van der Waals surface area (Å²) in [6.45, 7) is 10.2. The number of aliphatic hydroxyl groups is 1. The molecular formula is C15H26N4O. The zero-order chi connectivity index (χ0) is 14.8. The Morgan fingerprint density at radius 3 is 2.40 bits per heavy atom.